The third-order valence-corrected chi connectivity index (χ3v) is 6.77. The van der Waals surface area contributed by atoms with Gasteiger partial charge in [-0.2, -0.15) is 0 Å². The SMILES string of the molecule is CCOC(=O)C1=C(C)N=c2s/c(=C\c3ccc(OCC(=O)O)c(OC)c3)c(=O)n2[C@H]1c1ccc(Cl)cc1. The Morgan fingerprint density at radius 3 is 2.57 bits per heavy atom. The summed E-state index contributed by atoms with van der Waals surface area (Å²) in [5.74, 6) is -1.07. The van der Waals surface area contributed by atoms with E-state index in [0.29, 0.717) is 36.9 Å². The quantitative estimate of drug-likeness (QED) is 0.435. The topological polar surface area (TPSA) is 116 Å². The van der Waals surface area contributed by atoms with Gasteiger partial charge in [0.15, 0.2) is 22.9 Å². The molecule has 1 aliphatic rings. The van der Waals surface area contributed by atoms with E-state index in [1.165, 1.54) is 23.0 Å². The van der Waals surface area contributed by atoms with E-state index in [1.54, 1.807) is 62.4 Å². The van der Waals surface area contributed by atoms with E-state index in [0.717, 1.165) is 0 Å². The molecule has 3 aromatic rings. The van der Waals surface area contributed by atoms with Gasteiger partial charge in [-0.15, -0.1) is 0 Å². The van der Waals surface area contributed by atoms with Gasteiger partial charge in [-0.3, -0.25) is 9.36 Å². The molecule has 1 atom stereocenters. The van der Waals surface area contributed by atoms with Gasteiger partial charge < -0.3 is 19.3 Å². The molecule has 192 valence electrons. The predicted molar refractivity (Wildman–Crippen MR) is 138 cm³/mol. The highest BCUT2D eigenvalue weighted by atomic mass is 35.5. The Kier molecular flexibility index (Phi) is 7.80. The van der Waals surface area contributed by atoms with Crippen LogP contribution in [0.1, 0.15) is 31.0 Å². The molecular formula is C26H23ClN2O7S. The van der Waals surface area contributed by atoms with E-state index in [2.05, 4.69) is 4.99 Å². The number of aromatic nitrogens is 1. The number of carboxylic acid groups (broad SMARTS) is 1. The van der Waals surface area contributed by atoms with Crippen molar-refractivity contribution in [1.82, 2.24) is 4.57 Å². The summed E-state index contributed by atoms with van der Waals surface area (Å²) in [5, 5.41) is 9.39. The molecule has 0 bridgehead atoms. The second-order valence-electron chi connectivity index (χ2n) is 7.95. The van der Waals surface area contributed by atoms with E-state index in [1.807, 2.05) is 0 Å². The van der Waals surface area contributed by atoms with Crippen molar-refractivity contribution in [2.75, 3.05) is 20.3 Å². The molecule has 0 unspecified atom stereocenters. The first kappa shape index (κ1) is 26.2. The van der Waals surface area contributed by atoms with E-state index in [-0.39, 0.29) is 23.5 Å². The largest absolute Gasteiger partial charge is 0.493 e. The maximum absolute atomic E-state index is 13.7. The van der Waals surface area contributed by atoms with Crippen molar-refractivity contribution in [1.29, 1.82) is 0 Å². The Morgan fingerprint density at radius 1 is 1.19 bits per heavy atom. The van der Waals surface area contributed by atoms with Crippen molar-refractivity contribution in [3.8, 4) is 11.5 Å². The highest BCUT2D eigenvalue weighted by Gasteiger charge is 2.33. The van der Waals surface area contributed by atoms with Crippen LogP contribution in [0.5, 0.6) is 11.5 Å². The summed E-state index contributed by atoms with van der Waals surface area (Å²) in [7, 11) is 1.44. The number of carbonyl (C=O) groups is 2. The molecule has 2 aromatic carbocycles. The van der Waals surface area contributed by atoms with Crippen LogP contribution in [-0.2, 0) is 14.3 Å². The summed E-state index contributed by atoms with van der Waals surface area (Å²) in [6.07, 6.45) is 1.68. The molecular weight excluding hydrogens is 520 g/mol. The Bertz CT molecular complexity index is 1570. The summed E-state index contributed by atoms with van der Waals surface area (Å²) in [6.45, 7) is 3.10. The van der Waals surface area contributed by atoms with Crippen molar-refractivity contribution in [3.05, 3.63) is 89.6 Å². The van der Waals surface area contributed by atoms with Gasteiger partial charge in [0.05, 0.1) is 35.6 Å². The second kappa shape index (κ2) is 11.0. The van der Waals surface area contributed by atoms with Crippen LogP contribution >= 0.6 is 22.9 Å². The highest BCUT2D eigenvalue weighted by Crippen LogP contribution is 2.31. The molecule has 1 N–H and O–H groups in total. The number of hydrogen-bond acceptors (Lipinski definition) is 8. The normalized spacial score (nSPS) is 15.1. The lowest BCUT2D eigenvalue weighted by molar-refractivity contribution is -0.140. The van der Waals surface area contributed by atoms with Crippen LogP contribution in [0.3, 0.4) is 0 Å². The number of ether oxygens (including phenoxy) is 3. The summed E-state index contributed by atoms with van der Waals surface area (Å²) in [5.41, 5.74) is 1.74. The first-order chi connectivity index (χ1) is 17.7. The van der Waals surface area contributed by atoms with Crippen molar-refractivity contribution in [2.24, 2.45) is 4.99 Å². The van der Waals surface area contributed by atoms with Gasteiger partial charge in [0, 0.05) is 5.02 Å². The van der Waals surface area contributed by atoms with E-state index in [4.69, 9.17) is 30.9 Å². The standard InChI is InChI=1S/C26H23ClN2O7S/c1-4-35-25(33)22-14(2)28-26-29(23(22)16-6-8-17(27)9-7-16)24(32)20(37-26)12-15-5-10-18(19(11-15)34-3)36-13-21(30)31/h5-12,23H,4,13H2,1-3H3,(H,30,31)/b20-12-/t23-/m0/s1. The van der Waals surface area contributed by atoms with Gasteiger partial charge in [0.2, 0.25) is 0 Å². The maximum Gasteiger partial charge on any atom is 0.341 e. The number of aliphatic carboxylic acids is 1. The lowest BCUT2D eigenvalue weighted by Gasteiger charge is -2.24. The number of carbonyl (C=O) groups excluding carboxylic acids is 1. The van der Waals surface area contributed by atoms with Crippen molar-refractivity contribution in [2.45, 2.75) is 19.9 Å². The number of esters is 1. The fourth-order valence-electron chi connectivity index (χ4n) is 3.94. The number of benzene rings is 2. The minimum Gasteiger partial charge on any atom is -0.493 e. The molecule has 0 fully saturated rings. The van der Waals surface area contributed by atoms with Crippen molar-refractivity contribution < 1.29 is 28.9 Å². The van der Waals surface area contributed by atoms with Gasteiger partial charge in [-0.25, -0.2) is 14.6 Å². The molecule has 1 aliphatic heterocycles. The second-order valence-corrected chi connectivity index (χ2v) is 9.39. The van der Waals surface area contributed by atoms with Gasteiger partial charge in [-0.05, 0) is 55.3 Å². The van der Waals surface area contributed by atoms with Crippen LogP contribution in [-0.4, -0.2) is 41.9 Å². The van der Waals surface area contributed by atoms with Crippen molar-refractivity contribution >= 4 is 41.0 Å². The zero-order valence-electron chi connectivity index (χ0n) is 20.2. The zero-order chi connectivity index (χ0) is 26.7. The van der Waals surface area contributed by atoms with E-state index in [9.17, 15) is 14.4 Å². The van der Waals surface area contributed by atoms with Gasteiger partial charge in [-0.1, -0.05) is 41.1 Å². The minimum atomic E-state index is -1.11. The Balaban J connectivity index is 1.85. The van der Waals surface area contributed by atoms with Crippen LogP contribution in [0.2, 0.25) is 5.02 Å². The predicted octanol–water partition coefficient (Wildman–Crippen LogP) is 2.92. The average Bonchev–Trinajstić information content (AvgIpc) is 3.17. The lowest BCUT2D eigenvalue weighted by Crippen LogP contribution is -2.39. The number of carboxylic acids is 1. The molecule has 0 saturated heterocycles. The monoisotopic (exact) mass is 542 g/mol. The molecule has 1 aromatic heterocycles. The molecule has 2 heterocycles. The third-order valence-electron chi connectivity index (χ3n) is 5.54. The van der Waals surface area contributed by atoms with E-state index >= 15 is 0 Å². The molecule has 0 spiro atoms. The van der Waals surface area contributed by atoms with Crippen LogP contribution < -0.4 is 24.4 Å². The minimum absolute atomic E-state index is 0.182. The fourth-order valence-corrected chi connectivity index (χ4v) is 5.11. The molecule has 0 aliphatic carbocycles. The highest BCUT2D eigenvalue weighted by molar-refractivity contribution is 7.07. The zero-order valence-corrected chi connectivity index (χ0v) is 21.8. The first-order valence-electron chi connectivity index (χ1n) is 11.2. The molecule has 0 amide bonds. The van der Waals surface area contributed by atoms with Gasteiger partial charge >= 0.3 is 11.9 Å². The van der Waals surface area contributed by atoms with Gasteiger partial charge in [0.25, 0.3) is 5.56 Å². The van der Waals surface area contributed by atoms with E-state index < -0.39 is 24.6 Å². The number of hydrogen-bond donors (Lipinski definition) is 1. The summed E-state index contributed by atoms with van der Waals surface area (Å²) in [6, 6.07) is 11.1. The average molecular weight is 543 g/mol. The number of thiazole rings is 1. The number of halogens is 1. The first-order valence-corrected chi connectivity index (χ1v) is 12.4. The molecule has 11 heteroatoms. The molecule has 4 rings (SSSR count). The molecule has 0 saturated carbocycles. The smallest absolute Gasteiger partial charge is 0.341 e. The Hall–Kier alpha value is -3.89. The number of nitrogens with zero attached hydrogens (tertiary/aromatic N) is 2. The summed E-state index contributed by atoms with van der Waals surface area (Å²) in [4.78, 5) is 42.4. The number of rotatable bonds is 8. The maximum atomic E-state index is 13.7. The Labute approximate surface area is 220 Å². The Morgan fingerprint density at radius 2 is 1.92 bits per heavy atom. The molecule has 9 nitrogen and oxygen atoms in total. The lowest BCUT2D eigenvalue weighted by atomic mass is 9.96. The third kappa shape index (κ3) is 5.45. The van der Waals surface area contributed by atoms with Crippen LogP contribution in [0, 0.1) is 0 Å². The summed E-state index contributed by atoms with van der Waals surface area (Å²) >= 11 is 7.27. The van der Waals surface area contributed by atoms with Crippen LogP contribution in [0.4, 0.5) is 0 Å². The van der Waals surface area contributed by atoms with Crippen LogP contribution in [0.25, 0.3) is 6.08 Å². The fraction of sp³-hybridized carbons (Fsp3) is 0.231. The summed E-state index contributed by atoms with van der Waals surface area (Å²) < 4.78 is 17.7. The molecule has 37 heavy (non-hydrogen) atoms. The number of allylic oxidation sites excluding steroid dienone is 1. The number of methoxy groups -OCH3 is 1. The van der Waals surface area contributed by atoms with Gasteiger partial charge in [0.1, 0.15) is 0 Å². The van der Waals surface area contributed by atoms with Crippen LogP contribution in [0.15, 0.2) is 63.5 Å². The molecule has 0 radical (unpaired) electrons. The number of fused-ring (bicyclic) bond motifs is 1. The van der Waals surface area contributed by atoms with Crippen molar-refractivity contribution in [3.63, 3.8) is 0 Å².